The largest absolute Gasteiger partial charge is 0.384 e. The zero-order valence-electron chi connectivity index (χ0n) is 8.34. The van der Waals surface area contributed by atoms with Crippen LogP contribution >= 0.6 is 0 Å². The smallest absolute Gasteiger partial charge is 0.160 e. The second-order valence-corrected chi connectivity index (χ2v) is 3.12. The van der Waals surface area contributed by atoms with Crippen molar-refractivity contribution in [3.05, 3.63) is 29.7 Å². The summed E-state index contributed by atoms with van der Waals surface area (Å²) in [5, 5.41) is 16.8. The molecule has 2 aromatic heterocycles. The minimum absolute atomic E-state index is 0.595. The summed E-state index contributed by atoms with van der Waals surface area (Å²) in [6, 6.07) is 5.59. The summed E-state index contributed by atoms with van der Waals surface area (Å²) in [7, 11) is 1.64. The first kappa shape index (κ1) is 9.62. The minimum atomic E-state index is 0.595. The Balaban J connectivity index is 2.43. The van der Waals surface area contributed by atoms with Gasteiger partial charge in [-0.1, -0.05) is 0 Å². The van der Waals surface area contributed by atoms with Crippen LogP contribution in [0.15, 0.2) is 18.3 Å². The Morgan fingerprint density at radius 3 is 3.07 bits per heavy atom. The van der Waals surface area contributed by atoms with Crippen LogP contribution in [0.4, 0.5) is 0 Å². The third-order valence-electron chi connectivity index (χ3n) is 2.13. The van der Waals surface area contributed by atoms with E-state index in [-0.39, 0.29) is 0 Å². The minimum Gasteiger partial charge on any atom is -0.384 e. The van der Waals surface area contributed by atoms with Crippen LogP contribution in [0, 0.1) is 11.3 Å². The third kappa shape index (κ3) is 1.80. The standard InChI is InChI=1S/C10H10N4O/c1-15-5-4-10-13-12-9-3-2-8(6-11)7-14(9)10/h2-3,7H,4-5H2,1H3. The van der Waals surface area contributed by atoms with E-state index in [2.05, 4.69) is 16.3 Å². The first-order chi connectivity index (χ1) is 7.35. The summed E-state index contributed by atoms with van der Waals surface area (Å²) >= 11 is 0. The average molecular weight is 202 g/mol. The van der Waals surface area contributed by atoms with Gasteiger partial charge < -0.3 is 4.74 Å². The molecule has 0 spiro atoms. The van der Waals surface area contributed by atoms with E-state index in [1.54, 1.807) is 25.4 Å². The van der Waals surface area contributed by atoms with Gasteiger partial charge in [0, 0.05) is 19.7 Å². The van der Waals surface area contributed by atoms with Gasteiger partial charge in [-0.3, -0.25) is 4.40 Å². The molecular weight excluding hydrogens is 192 g/mol. The van der Waals surface area contributed by atoms with Crippen LogP contribution in [0.3, 0.4) is 0 Å². The number of pyridine rings is 1. The monoisotopic (exact) mass is 202 g/mol. The van der Waals surface area contributed by atoms with E-state index < -0.39 is 0 Å². The summed E-state index contributed by atoms with van der Waals surface area (Å²) in [6.45, 7) is 0.595. The maximum atomic E-state index is 8.77. The molecule has 0 fully saturated rings. The highest BCUT2D eigenvalue weighted by atomic mass is 16.5. The molecule has 76 valence electrons. The normalized spacial score (nSPS) is 10.4. The second-order valence-electron chi connectivity index (χ2n) is 3.12. The Morgan fingerprint density at radius 2 is 2.33 bits per heavy atom. The van der Waals surface area contributed by atoms with Crippen LogP contribution in [0.5, 0.6) is 0 Å². The van der Waals surface area contributed by atoms with E-state index in [4.69, 9.17) is 10.00 Å². The molecule has 0 aliphatic carbocycles. The zero-order valence-corrected chi connectivity index (χ0v) is 8.34. The number of rotatable bonds is 3. The molecule has 0 N–H and O–H groups in total. The van der Waals surface area contributed by atoms with Crippen LogP contribution in [-0.2, 0) is 11.2 Å². The van der Waals surface area contributed by atoms with Crippen molar-refractivity contribution < 1.29 is 4.74 Å². The van der Waals surface area contributed by atoms with Crippen molar-refractivity contribution in [1.82, 2.24) is 14.6 Å². The van der Waals surface area contributed by atoms with Crippen molar-refractivity contribution in [1.29, 1.82) is 5.26 Å². The lowest BCUT2D eigenvalue weighted by Crippen LogP contribution is -2.00. The molecule has 0 amide bonds. The highest BCUT2D eigenvalue weighted by Gasteiger charge is 2.05. The van der Waals surface area contributed by atoms with Gasteiger partial charge in [0.2, 0.25) is 0 Å². The SMILES string of the molecule is COCCc1nnc2ccc(C#N)cn12. The van der Waals surface area contributed by atoms with Gasteiger partial charge in [0.25, 0.3) is 0 Å². The highest BCUT2D eigenvalue weighted by Crippen LogP contribution is 2.06. The average Bonchev–Trinajstić information content (AvgIpc) is 2.68. The van der Waals surface area contributed by atoms with Crippen molar-refractivity contribution in [2.24, 2.45) is 0 Å². The number of hydrogen-bond donors (Lipinski definition) is 0. The quantitative estimate of drug-likeness (QED) is 0.738. The number of nitriles is 1. The van der Waals surface area contributed by atoms with Gasteiger partial charge in [0.1, 0.15) is 11.9 Å². The Hall–Kier alpha value is -1.93. The van der Waals surface area contributed by atoms with Crippen molar-refractivity contribution in [2.45, 2.75) is 6.42 Å². The molecule has 0 bridgehead atoms. The Labute approximate surface area is 86.9 Å². The van der Waals surface area contributed by atoms with E-state index in [0.29, 0.717) is 18.6 Å². The molecule has 0 aliphatic rings. The van der Waals surface area contributed by atoms with E-state index in [0.717, 1.165) is 11.5 Å². The van der Waals surface area contributed by atoms with Crippen LogP contribution in [-0.4, -0.2) is 28.3 Å². The van der Waals surface area contributed by atoms with E-state index in [1.165, 1.54) is 0 Å². The van der Waals surface area contributed by atoms with Crippen LogP contribution in [0.1, 0.15) is 11.4 Å². The molecule has 0 radical (unpaired) electrons. The van der Waals surface area contributed by atoms with Crippen molar-refractivity contribution >= 4 is 5.65 Å². The van der Waals surface area contributed by atoms with Crippen LogP contribution in [0.2, 0.25) is 0 Å². The number of nitrogens with zero attached hydrogens (tertiary/aromatic N) is 4. The molecule has 0 saturated carbocycles. The predicted molar refractivity (Wildman–Crippen MR) is 53.3 cm³/mol. The van der Waals surface area contributed by atoms with E-state index >= 15 is 0 Å². The molecule has 0 saturated heterocycles. The summed E-state index contributed by atoms with van der Waals surface area (Å²) in [4.78, 5) is 0. The maximum Gasteiger partial charge on any atom is 0.160 e. The number of methoxy groups -OCH3 is 1. The summed E-state index contributed by atoms with van der Waals surface area (Å²) < 4.78 is 6.79. The first-order valence-electron chi connectivity index (χ1n) is 4.58. The lowest BCUT2D eigenvalue weighted by Gasteiger charge is -1.98. The fourth-order valence-corrected chi connectivity index (χ4v) is 1.37. The van der Waals surface area contributed by atoms with Gasteiger partial charge in [-0.2, -0.15) is 5.26 Å². The topological polar surface area (TPSA) is 63.2 Å². The second kappa shape index (κ2) is 4.07. The highest BCUT2D eigenvalue weighted by molar-refractivity contribution is 5.42. The molecule has 2 heterocycles. The summed E-state index contributed by atoms with van der Waals surface area (Å²) in [5.41, 5.74) is 1.35. The lowest BCUT2D eigenvalue weighted by molar-refractivity contribution is 0.200. The molecule has 0 aromatic carbocycles. The number of fused-ring (bicyclic) bond motifs is 1. The van der Waals surface area contributed by atoms with Gasteiger partial charge in [-0.15, -0.1) is 10.2 Å². The predicted octanol–water partition coefficient (Wildman–Crippen LogP) is 0.790. The molecule has 5 heteroatoms. The van der Waals surface area contributed by atoms with Gasteiger partial charge in [-0.05, 0) is 12.1 Å². The molecule has 2 aromatic rings. The molecule has 0 unspecified atom stereocenters. The Morgan fingerprint density at radius 1 is 1.47 bits per heavy atom. The number of aromatic nitrogens is 3. The van der Waals surface area contributed by atoms with Gasteiger partial charge in [0.05, 0.1) is 12.2 Å². The molecular formula is C10H10N4O. The number of ether oxygens (including phenoxy) is 1. The Bertz CT molecular complexity index is 512. The van der Waals surface area contributed by atoms with Crippen molar-refractivity contribution in [3.63, 3.8) is 0 Å². The first-order valence-corrected chi connectivity index (χ1v) is 4.58. The van der Waals surface area contributed by atoms with E-state index in [1.807, 2.05) is 4.40 Å². The molecule has 5 nitrogen and oxygen atoms in total. The van der Waals surface area contributed by atoms with Crippen molar-refractivity contribution in [3.8, 4) is 6.07 Å². The summed E-state index contributed by atoms with van der Waals surface area (Å²) in [6.07, 6.45) is 2.42. The fourth-order valence-electron chi connectivity index (χ4n) is 1.37. The van der Waals surface area contributed by atoms with Gasteiger partial charge in [0.15, 0.2) is 5.65 Å². The number of hydrogen-bond acceptors (Lipinski definition) is 4. The fraction of sp³-hybridized carbons (Fsp3) is 0.300. The maximum absolute atomic E-state index is 8.77. The molecule has 0 aliphatic heterocycles. The molecule has 15 heavy (non-hydrogen) atoms. The van der Waals surface area contributed by atoms with Crippen LogP contribution in [0.25, 0.3) is 5.65 Å². The lowest BCUT2D eigenvalue weighted by atomic mass is 10.3. The Kier molecular flexibility index (Phi) is 2.61. The van der Waals surface area contributed by atoms with E-state index in [9.17, 15) is 0 Å². The van der Waals surface area contributed by atoms with Gasteiger partial charge >= 0.3 is 0 Å². The zero-order chi connectivity index (χ0) is 10.7. The molecule has 0 atom stereocenters. The third-order valence-corrected chi connectivity index (χ3v) is 2.13. The van der Waals surface area contributed by atoms with Crippen LogP contribution < -0.4 is 0 Å². The van der Waals surface area contributed by atoms with Gasteiger partial charge in [-0.25, -0.2) is 0 Å². The molecule has 2 rings (SSSR count). The van der Waals surface area contributed by atoms with Crippen molar-refractivity contribution in [2.75, 3.05) is 13.7 Å². The summed E-state index contributed by atoms with van der Waals surface area (Å²) in [5.74, 6) is 0.809.